The van der Waals surface area contributed by atoms with Gasteiger partial charge in [0.1, 0.15) is 12.4 Å². The third-order valence-corrected chi connectivity index (χ3v) is 4.49. The number of rotatable bonds is 8. The number of nitrogens with zero attached hydrogens (tertiary/aromatic N) is 4. The average Bonchev–Trinajstić information content (AvgIpc) is 3.17. The van der Waals surface area contributed by atoms with Crippen molar-refractivity contribution in [3.63, 3.8) is 0 Å². The molecule has 0 saturated carbocycles. The van der Waals surface area contributed by atoms with Crippen LogP contribution in [0.3, 0.4) is 0 Å². The van der Waals surface area contributed by atoms with Crippen molar-refractivity contribution >= 4 is 5.69 Å². The molecule has 28 heavy (non-hydrogen) atoms. The number of non-ortho nitro benzene ring substituents is 1. The van der Waals surface area contributed by atoms with Crippen molar-refractivity contribution in [1.82, 2.24) is 15.1 Å². The lowest BCUT2D eigenvalue weighted by molar-refractivity contribution is -0.384. The number of hydrogen-bond acceptors (Lipinski definition) is 7. The molecule has 0 fully saturated rings. The Labute approximate surface area is 162 Å². The van der Waals surface area contributed by atoms with Gasteiger partial charge in [-0.3, -0.25) is 15.0 Å². The van der Waals surface area contributed by atoms with Crippen LogP contribution in [0.1, 0.15) is 24.4 Å². The molecule has 1 aromatic heterocycles. The number of nitro benzene ring substituents is 1. The monoisotopic (exact) mass is 382 g/mol. The van der Waals surface area contributed by atoms with E-state index < -0.39 is 4.92 Å². The summed E-state index contributed by atoms with van der Waals surface area (Å²) in [7, 11) is 1.96. The molecule has 146 valence electrons. The number of likely N-dealkylation sites (N-methyl/N-ethyl adjacent to an activating group) is 1. The summed E-state index contributed by atoms with van der Waals surface area (Å²) in [4.78, 5) is 12.4. The van der Waals surface area contributed by atoms with Gasteiger partial charge in [0.15, 0.2) is 0 Å². The molecule has 8 nitrogen and oxygen atoms in total. The summed E-state index contributed by atoms with van der Waals surface area (Å²) in [5.41, 5.74) is 1.82. The van der Waals surface area contributed by atoms with E-state index >= 15 is 0 Å². The summed E-state index contributed by atoms with van der Waals surface area (Å²) in [5.74, 6) is 1.66. The van der Waals surface area contributed by atoms with Crippen molar-refractivity contribution in [2.45, 2.75) is 19.9 Å². The fraction of sp³-hybridized carbons (Fsp3) is 0.300. The highest BCUT2D eigenvalue weighted by atomic mass is 16.6. The second-order valence-corrected chi connectivity index (χ2v) is 6.57. The number of aromatic nitrogens is 2. The zero-order valence-electron chi connectivity index (χ0n) is 16.0. The Balaban J connectivity index is 1.58. The predicted octanol–water partition coefficient (Wildman–Crippen LogP) is 4.03. The first kappa shape index (κ1) is 19.5. The first-order chi connectivity index (χ1) is 13.4. The Morgan fingerprint density at radius 2 is 1.96 bits per heavy atom. The summed E-state index contributed by atoms with van der Waals surface area (Å²) in [6, 6.07) is 13.9. The second-order valence-electron chi connectivity index (χ2n) is 6.57. The van der Waals surface area contributed by atoms with Gasteiger partial charge in [-0.05, 0) is 50.7 Å². The van der Waals surface area contributed by atoms with Crippen molar-refractivity contribution in [2.24, 2.45) is 0 Å². The Kier molecular flexibility index (Phi) is 6.00. The van der Waals surface area contributed by atoms with E-state index in [1.807, 2.05) is 45.2 Å². The Morgan fingerprint density at radius 3 is 2.64 bits per heavy atom. The second kappa shape index (κ2) is 8.62. The molecule has 0 N–H and O–H groups in total. The van der Waals surface area contributed by atoms with E-state index in [0.717, 1.165) is 11.3 Å². The summed E-state index contributed by atoms with van der Waals surface area (Å²) in [6.45, 7) is 5.22. The van der Waals surface area contributed by atoms with E-state index in [-0.39, 0.29) is 11.7 Å². The van der Waals surface area contributed by atoms with E-state index in [1.54, 1.807) is 12.1 Å². The van der Waals surface area contributed by atoms with E-state index in [4.69, 9.17) is 9.15 Å². The third kappa shape index (κ3) is 4.72. The molecule has 2 aromatic carbocycles. The fourth-order valence-corrected chi connectivity index (χ4v) is 2.64. The lowest BCUT2D eigenvalue weighted by Gasteiger charge is -2.21. The molecule has 0 amide bonds. The van der Waals surface area contributed by atoms with E-state index in [1.165, 1.54) is 12.1 Å². The predicted molar refractivity (Wildman–Crippen MR) is 104 cm³/mol. The van der Waals surface area contributed by atoms with Crippen molar-refractivity contribution in [1.29, 1.82) is 0 Å². The largest absolute Gasteiger partial charge is 0.492 e. The van der Waals surface area contributed by atoms with Crippen LogP contribution in [0.25, 0.3) is 11.5 Å². The topological polar surface area (TPSA) is 94.5 Å². The first-order valence-corrected chi connectivity index (χ1v) is 8.92. The van der Waals surface area contributed by atoms with Gasteiger partial charge in [0.05, 0.1) is 11.0 Å². The van der Waals surface area contributed by atoms with Gasteiger partial charge in [0.2, 0.25) is 11.8 Å². The molecule has 1 heterocycles. The maximum absolute atomic E-state index is 10.7. The van der Waals surface area contributed by atoms with Crippen LogP contribution in [0.4, 0.5) is 5.69 Å². The van der Waals surface area contributed by atoms with Gasteiger partial charge in [-0.25, -0.2) is 0 Å². The molecule has 8 heteroatoms. The first-order valence-electron chi connectivity index (χ1n) is 8.92. The van der Waals surface area contributed by atoms with Crippen LogP contribution >= 0.6 is 0 Å². The Hall–Kier alpha value is -3.26. The van der Waals surface area contributed by atoms with Gasteiger partial charge in [-0.1, -0.05) is 12.1 Å². The number of benzene rings is 2. The van der Waals surface area contributed by atoms with Crippen LogP contribution in [-0.2, 0) is 0 Å². The molecule has 0 spiro atoms. The lowest BCUT2D eigenvalue weighted by Crippen LogP contribution is -2.27. The average molecular weight is 382 g/mol. The molecule has 1 unspecified atom stereocenters. The van der Waals surface area contributed by atoms with E-state index in [9.17, 15) is 10.1 Å². The van der Waals surface area contributed by atoms with Gasteiger partial charge < -0.3 is 9.15 Å². The van der Waals surface area contributed by atoms with E-state index in [2.05, 4.69) is 15.1 Å². The van der Waals surface area contributed by atoms with Gasteiger partial charge in [0, 0.05) is 24.2 Å². The minimum atomic E-state index is -0.446. The van der Waals surface area contributed by atoms with Crippen LogP contribution in [0, 0.1) is 17.0 Å². The summed E-state index contributed by atoms with van der Waals surface area (Å²) >= 11 is 0. The Morgan fingerprint density at radius 1 is 1.21 bits per heavy atom. The molecule has 0 bridgehead atoms. The molecule has 0 radical (unpaired) electrons. The number of hydrogen-bond donors (Lipinski definition) is 0. The summed E-state index contributed by atoms with van der Waals surface area (Å²) in [5, 5.41) is 18.9. The zero-order valence-corrected chi connectivity index (χ0v) is 16.0. The van der Waals surface area contributed by atoms with Crippen LogP contribution in [0.15, 0.2) is 52.9 Å². The molecule has 3 aromatic rings. The van der Waals surface area contributed by atoms with Gasteiger partial charge in [-0.15, -0.1) is 10.2 Å². The smallest absolute Gasteiger partial charge is 0.269 e. The number of nitro groups is 1. The highest BCUT2D eigenvalue weighted by Gasteiger charge is 2.19. The maximum atomic E-state index is 10.7. The van der Waals surface area contributed by atoms with Crippen LogP contribution < -0.4 is 4.74 Å². The number of aryl methyl sites for hydroxylation is 1. The van der Waals surface area contributed by atoms with Crippen molar-refractivity contribution in [3.05, 3.63) is 70.1 Å². The lowest BCUT2D eigenvalue weighted by atomic mass is 10.2. The molecule has 3 rings (SSSR count). The molecular formula is C20H22N4O4. The van der Waals surface area contributed by atoms with Crippen LogP contribution in [-0.4, -0.2) is 40.2 Å². The van der Waals surface area contributed by atoms with Crippen molar-refractivity contribution in [2.75, 3.05) is 20.2 Å². The quantitative estimate of drug-likeness (QED) is 0.429. The molecule has 0 aliphatic rings. The normalized spacial score (nSPS) is 12.1. The molecule has 0 saturated heterocycles. The summed E-state index contributed by atoms with van der Waals surface area (Å²) < 4.78 is 11.5. The highest BCUT2D eigenvalue weighted by Crippen LogP contribution is 2.24. The van der Waals surface area contributed by atoms with Crippen LogP contribution in [0.2, 0.25) is 0 Å². The Bertz CT molecular complexity index is 939. The van der Waals surface area contributed by atoms with Gasteiger partial charge in [-0.2, -0.15) is 0 Å². The highest BCUT2D eigenvalue weighted by molar-refractivity contribution is 5.55. The third-order valence-electron chi connectivity index (χ3n) is 4.49. The van der Waals surface area contributed by atoms with Gasteiger partial charge >= 0.3 is 0 Å². The summed E-state index contributed by atoms with van der Waals surface area (Å²) in [6.07, 6.45) is 0. The maximum Gasteiger partial charge on any atom is 0.269 e. The van der Waals surface area contributed by atoms with Crippen molar-refractivity contribution in [3.8, 4) is 17.2 Å². The molecule has 1 atom stereocenters. The van der Waals surface area contributed by atoms with Gasteiger partial charge in [0.25, 0.3) is 5.69 Å². The SMILES string of the molecule is Cc1cccc(OCCN(C)C(C)c2nnc(-c3ccc([N+](=O)[O-])cc3)o2)c1. The minimum Gasteiger partial charge on any atom is -0.492 e. The minimum absolute atomic E-state index is 0.0187. The number of ether oxygens (including phenoxy) is 1. The van der Waals surface area contributed by atoms with E-state index in [0.29, 0.717) is 30.5 Å². The fourth-order valence-electron chi connectivity index (χ4n) is 2.64. The standard InChI is InChI=1S/C20H22N4O4/c1-14-5-4-6-18(13-14)27-12-11-23(3)15(2)19-21-22-20(28-19)16-7-9-17(10-8-16)24(25)26/h4-10,13,15H,11-12H2,1-3H3. The zero-order chi connectivity index (χ0) is 20.1. The molecular weight excluding hydrogens is 360 g/mol. The molecule has 0 aliphatic heterocycles. The van der Waals surface area contributed by atoms with Crippen LogP contribution in [0.5, 0.6) is 5.75 Å². The molecule has 0 aliphatic carbocycles. The van der Waals surface area contributed by atoms with Crippen molar-refractivity contribution < 1.29 is 14.1 Å².